The summed E-state index contributed by atoms with van der Waals surface area (Å²) in [6, 6.07) is 20.2. The van der Waals surface area contributed by atoms with E-state index in [4.69, 9.17) is 4.74 Å². The molecule has 2 nitrogen and oxygen atoms in total. The van der Waals surface area contributed by atoms with Gasteiger partial charge in [0.25, 0.3) is 0 Å². The van der Waals surface area contributed by atoms with Gasteiger partial charge in [-0.2, -0.15) is 0 Å². The minimum atomic E-state index is -1.86. The number of aryl methyl sites for hydroxylation is 3. The van der Waals surface area contributed by atoms with Crippen LogP contribution in [0.2, 0.25) is 13.1 Å². The number of hydrogen-bond donors (Lipinski definition) is 0. The van der Waals surface area contributed by atoms with Gasteiger partial charge in [0.1, 0.15) is 26.6 Å². The molecule has 5 aromatic rings. The Bertz CT molecular complexity index is 1550. The van der Waals surface area contributed by atoms with Gasteiger partial charge in [0.15, 0.2) is 6.20 Å². The van der Waals surface area contributed by atoms with Crippen molar-refractivity contribution in [2.75, 3.05) is 0 Å². The van der Waals surface area contributed by atoms with Crippen LogP contribution >= 0.6 is 11.3 Å². The maximum absolute atomic E-state index is 6.78. The highest BCUT2D eigenvalue weighted by Crippen LogP contribution is 2.50. The standard InChI is InChI=1S/C28H26NOSSi/c1-17-22-12-14-31-28(22)18(2)27-24(17)26-25-19(11-13-29(26)3)15-21(16-23(25)30-27)32(4,5)20-9-7-6-8-10-20/h6-16H,1-5H3/q+1. The van der Waals surface area contributed by atoms with E-state index >= 15 is 0 Å². The van der Waals surface area contributed by atoms with E-state index in [9.17, 15) is 0 Å². The molecule has 0 bridgehead atoms. The smallest absolute Gasteiger partial charge is 0.228 e. The van der Waals surface area contributed by atoms with E-state index in [2.05, 4.69) is 105 Å². The van der Waals surface area contributed by atoms with Crippen molar-refractivity contribution in [1.82, 2.24) is 0 Å². The molecule has 158 valence electrons. The molecular formula is C28H26NOSSi+. The van der Waals surface area contributed by atoms with Crippen LogP contribution < -0.4 is 19.7 Å². The zero-order valence-electron chi connectivity index (χ0n) is 19.1. The van der Waals surface area contributed by atoms with Crippen molar-refractivity contribution in [3.8, 4) is 22.8 Å². The largest absolute Gasteiger partial charge is 0.455 e. The summed E-state index contributed by atoms with van der Waals surface area (Å²) < 4.78 is 10.4. The Morgan fingerprint density at radius 1 is 0.906 bits per heavy atom. The van der Waals surface area contributed by atoms with Gasteiger partial charge < -0.3 is 4.74 Å². The van der Waals surface area contributed by atoms with Crippen LogP contribution in [0.25, 0.3) is 32.1 Å². The van der Waals surface area contributed by atoms with Crippen molar-refractivity contribution in [2.24, 2.45) is 7.05 Å². The van der Waals surface area contributed by atoms with E-state index in [1.54, 1.807) is 11.3 Å². The number of benzene rings is 3. The molecule has 0 atom stereocenters. The number of ether oxygens (including phenoxy) is 1. The predicted octanol–water partition coefficient (Wildman–Crippen LogP) is 6.09. The van der Waals surface area contributed by atoms with Gasteiger partial charge in [-0.05, 0) is 47.7 Å². The topological polar surface area (TPSA) is 13.1 Å². The first-order valence-corrected chi connectivity index (χ1v) is 15.0. The number of rotatable bonds is 2. The second-order valence-corrected chi connectivity index (χ2v) is 14.7. The fourth-order valence-corrected chi connectivity index (χ4v) is 8.57. The normalized spacial score (nSPS) is 12.8. The highest BCUT2D eigenvalue weighted by molar-refractivity contribution is 7.17. The number of nitrogens with zero attached hydrogens (tertiary/aromatic N) is 1. The first kappa shape index (κ1) is 19.7. The fraction of sp³-hybridized carbons (Fsp3) is 0.179. The summed E-state index contributed by atoms with van der Waals surface area (Å²) in [5.74, 6) is 2.01. The zero-order valence-corrected chi connectivity index (χ0v) is 20.9. The van der Waals surface area contributed by atoms with Crippen molar-refractivity contribution in [1.29, 1.82) is 0 Å². The van der Waals surface area contributed by atoms with Crippen LogP contribution in [0.15, 0.2) is 66.2 Å². The molecule has 0 saturated carbocycles. The molecule has 6 rings (SSSR count). The van der Waals surface area contributed by atoms with E-state index in [0.29, 0.717) is 0 Å². The average molecular weight is 453 g/mol. The van der Waals surface area contributed by atoms with E-state index < -0.39 is 8.07 Å². The summed E-state index contributed by atoms with van der Waals surface area (Å²) in [4.78, 5) is 0. The van der Waals surface area contributed by atoms with Crippen LogP contribution in [0.3, 0.4) is 0 Å². The minimum absolute atomic E-state index is 0.992. The second-order valence-electron chi connectivity index (χ2n) is 9.42. The summed E-state index contributed by atoms with van der Waals surface area (Å²) in [6.07, 6.45) is 2.20. The van der Waals surface area contributed by atoms with Crippen molar-refractivity contribution in [3.63, 3.8) is 0 Å². The number of hydrogen-bond acceptors (Lipinski definition) is 2. The van der Waals surface area contributed by atoms with Gasteiger partial charge >= 0.3 is 0 Å². The molecule has 1 aliphatic heterocycles. The molecule has 0 amide bonds. The van der Waals surface area contributed by atoms with Crippen LogP contribution in [0.5, 0.6) is 11.5 Å². The first-order chi connectivity index (χ1) is 15.4. The molecule has 3 aromatic carbocycles. The summed E-state index contributed by atoms with van der Waals surface area (Å²) in [5, 5.41) is 8.86. The van der Waals surface area contributed by atoms with Gasteiger partial charge in [-0.3, -0.25) is 0 Å². The Labute approximate surface area is 193 Å². The zero-order chi connectivity index (χ0) is 22.2. The Morgan fingerprint density at radius 2 is 1.69 bits per heavy atom. The van der Waals surface area contributed by atoms with Gasteiger partial charge in [-0.15, -0.1) is 11.3 Å². The Morgan fingerprint density at radius 3 is 2.47 bits per heavy atom. The van der Waals surface area contributed by atoms with E-state index in [-0.39, 0.29) is 0 Å². The number of thiophene rings is 1. The lowest BCUT2D eigenvalue weighted by Crippen LogP contribution is -2.52. The lowest BCUT2D eigenvalue weighted by atomic mass is 9.92. The van der Waals surface area contributed by atoms with E-state index in [1.807, 2.05) is 0 Å². The monoisotopic (exact) mass is 452 g/mol. The minimum Gasteiger partial charge on any atom is -0.455 e. The van der Waals surface area contributed by atoms with Crippen LogP contribution in [-0.4, -0.2) is 8.07 Å². The Balaban J connectivity index is 1.68. The average Bonchev–Trinajstić information content (AvgIpc) is 3.30. The Kier molecular flexibility index (Phi) is 4.17. The third-order valence-electron chi connectivity index (χ3n) is 7.22. The SMILES string of the molecule is Cc1c2c(c(C)c3sccc13)Oc1cc([Si](C)(C)c3ccccc3)cc3cc[n+](C)c-2c13. The molecule has 1 aliphatic rings. The summed E-state index contributed by atoms with van der Waals surface area (Å²) >= 11 is 1.80. The molecule has 32 heavy (non-hydrogen) atoms. The maximum Gasteiger partial charge on any atom is 0.228 e. The van der Waals surface area contributed by atoms with Gasteiger partial charge in [0, 0.05) is 16.3 Å². The van der Waals surface area contributed by atoms with Crippen molar-refractivity contribution < 1.29 is 9.30 Å². The van der Waals surface area contributed by atoms with Crippen LogP contribution in [-0.2, 0) is 7.05 Å². The molecular weight excluding hydrogens is 426 g/mol. The number of fused-ring (bicyclic) bond motifs is 3. The number of aromatic nitrogens is 1. The van der Waals surface area contributed by atoms with Crippen LogP contribution in [0.1, 0.15) is 11.1 Å². The maximum atomic E-state index is 6.78. The number of pyridine rings is 1. The molecule has 2 aromatic heterocycles. The highest BCUT2D eigenvalue weighted by atomic mass is 32.1. The third-order valence-corrected chi connectivity index (χ3v) is 11.8. The van der Waals surface area contributed by atoms with Crippen LogP contribution in [0, 0.1) is 13.8 Å². The molecule has 0 aliphatic carbocycles. The molecule has 0 spiro atoms. The summed E-state index contributed by atoms with van der Waals surface area (Å²) in [6.45, 7) is 9.30. The van der Waals surface area contributed by atoms with Crippen molar-refractivity contribution in [2.45, 2.75) is 26.9 Å². The fourth-order valence-electron chi connectivity index (χ4n) is 5.24. The molecule has 4 heteroatoms. The van der Waals surface area contributed by atoms with Gasteiger partial charge in [0.2, 0.25) is 5.69 Å². The third kappa shape index (κ3) is 2.60. The predicted molar refractivity (Wildman–Crippen MR) is 139 cm³/mol. The molecule has 0 unspecified atom stereocenters. The molecule has 0 N–H and O–H groups in total. The lowest BCUT2D eigenvalue weighted by Gasteiger charge is -2.27. The molecule has 3 heterocycles. The second kappa shape index (κ2) is 6.77. The molecule has 0 saturated heterocycles. The Hall–Kier alpha value is -2.95. The van der Waals surface area contributed by atoms with E-state index in [0.717, 1.165) is 11.5 Å². The van der Waals surface area contributed by atoms with Crippen molar-refractivity contribution >= 4 is 50.6 Å². The lowest BCUT2D eigenvalue weighted by molar-refractivity contribution is -0.659. The van der Waals surface area contributed by atoms with Crippen molar-refractivity contribution in [3.05, 3.63) is 77.3 Å². The van der Waals surface area contributed by atoms with E-state index in [1.165, 1.54) is 53.6 Å². The quantitative estimate of drug-likeness (QED) is 0.229. The summed E-state index contributed by atoms with van der Waals surface area (Å²) in [7, 11) is 0.289. The van der Waals surface area contributed by atoms with Crippen LogP contribution in [0.4, 0.5) is 0 Å². The highest BCUT2D eigenvalue weighted by Gasteiger charge is 2.34. The van der Waals surface area contributed by atoms with Gasteiger partial charge in [-0.1, -0.05) is 59.9 Å². The first-order valence-electron chi connectivity index (χ1n) is 11.1. The summed E-state index contributed by atoms with van der Waals surface area (Å²) in [5.41, 5.74) is 5.04. The molecule has 0 fully saturated rings. The van der Waals surface area contributed by atoms with Gasteiger partial charge in [0.05, 0.1) is 10.9 Å². The van der Waals surface area contributed by atoms with Gasteiger partial charge in [-0.25, -0.2) is 4.57 Å². The molecule has 0 radical (unpaired) electrons.